The zero-order chi connectivity index (χ0) is 23.7. The van der Waals surface area contributed by atoms with Gasteiger partial charge in [-0.25, -0.2) is 9.37 Å². The molecule has 3 heterocycles. The van der Waals surface area contributed by atoms with Gasteiger partial charge in [0.1, 0.15) is 11.5 Å². The maximum absolute atomic E-state index is 14.9. The number of hydrogen-bond donors (Lipinski definition) is 0. The predicted molar refractivity (Wildman–Crippen MR) is 133 cm³/mol. The molecule has 174 valence electrons. The molecule has 1 amide bonds. The van der Waals surface area contributed by atoms with E-state index in [0.29, 0.717) is 36.8 Å². The van der Waals surface area contributed by atoms with Gasteiger partial charge in [0.2, 0.25) is 5.91 Å². The zero-order valence-electron chi connectivity index (χ0n) is 19.0. The van der Waals surface area contributed by atoms with Crippen LogP contribution in [0.2, 0.25) is 5.02 Å². The third-order valence-electron chi connectivity index (χ3n) is 6.60. The summed E-state index contributed by atoms with van der Waals surface area (Å²) in [7, 11) is 0. The molecule has 5 nitrogen and oxygen atoms in total. The third kappa shape index (κ3) is 4.26. The Hall–Kier alpha value is -3.38. The molecule has 1 aliphatic heterocycles. The minimum atomic E-state index is -0.438. The molecule has 1 atom stereocenters. The van der Waals surface area contributed by atoms with Crippen molar-refractivity contribution in [1.82, 2.24) is 14.3 Å². The number of imidazole rings is 1. The minimum absolute atomic E-state index is 0.00895. The Kier molecular flexibility index (Phi) is 6.24. The number of hydrogen-bond acceptors (Lipinski definition) is 3. The van der Waals surface area contributed by atoms with Crippen LogP contribution < -0.4 is 4.90 Å². The summed E-state index contributed by atoms with van der Waals surface area (Å²) < 4.78 is 16.9. The number of aromatic nitrogens is 2. The van der Waals surface area contributed by atoms with Gasteiger partial charge in [-0.2, -0.15) is 0 Å². The predicted octanol–water partition coefficient (Wildman–Crippen LogP) is 5.31. The number of aryl methyl sites for hydroxylation is 1. The van der Waals surface area contributed by atoms with Crippen LogP contribution in [0.25, 0.3) is 5.65 Å². The molecular weight excluding hydrogens is 451 g/mol. The third-order valence-corrected chi connectivity index (χ3v) is 6.92. The smallest absolute Gasteiger partial charge is 0.223 e. The lowest BCUT2D eigenvalue weighted by molar-refractivity contribution is -0.131. The number of fused-ring (bicyclic) bond motifs is 1. The summed E-state index contributed by atoms with van der Waals surface area (Å²) in [6.45, 7) is 4.59. The fraction of sp³-hybridized carbons (Fsp3) is 0.259. The van der Waals surface area contributed by atoms with Gasteiger partial charge in [-0.15, -0.1) is 0 Å². The van der Waals surface area contributed by atoms with E-state index in [1.807, 2.05) is 64.9 Å². The molecule has 0 radical (unpaired) electrons. The Morgan fingerprint density at radius 2 is 1.76 bits per heavy atom. The highest BCUT2D eigenvalue weighted by atomic mass is 35.5. The number of carbonyl (C=O) groups excluding carboxylic acids is 1. The number of pyridine rings is 1. The first-order valence-corrected chi connectivity index (χ1v) is 11.8. The van der Waals surface area contributed by atoms with Gasteiger partial charge in [0, 0.05) is 50.9 Å². The average Bonchev–Trinajstić information content (AvgIpc) is 3.29. The summed E-state index contributed by atoms with van der Waals surface area (Å²) in [4.78, 5) is 22.1. The highest BCUT2D eigenvalue weighted by Crippen LogP contribution is 2.32. The van der Waals surface area contributed by atoms with Crippen molar-refractivity contribution in [1.29, 1.82) is 0 Å². The second-order valence-electron chi connectivity index (χ2n) is 8.67. The van der Waals surface area contributed by atoms with Crippen LogP contribution in [0.3, 0.4) is 0 Å². The number of halogens is 2. The SMILES string of the molecule is Cc1cccn2c(C(CC(=O)N3CCN(c4ccccc4Cl)CC3)c3ccccc3F)cnc12. The highest BCUT2D eigenvalue weighted by Gasteiger charge is 2.29. The number of anilines is 1. The largest absolute Gasteiger partial charge is 0.367 e. The summed E-state index contributed by atoms with van der Waals surface area (Å²) in [6, 6.07) is 18.4. The summed E-state index contributed by atoms with van der Waals surface area (Å²) in [6.07, 6.45) is 3.86. The zero-order valence-corrected chi connectivity index (χ0v) is 19.8. The maximum atomic E-state index is 14.9. The first-order chi connectivity index (χ1) is 16.5. The van der Waals surface area contributed by atoms with E-state index in [1.54, 1.807) is 18.3 Å². The number of rotatable bonds is 5. The van der Waals surface area contributed by atoms with Gasteiger partial charge >= 0.3 is 0 Å². The summed E-state index contributed by atoms with van der Waals surface area (Å²) >= 11 is 6.36. The van der Waals surface area contributed by atoms with Gasteiger partial charge in [-0.3, -0.25) is 4.79 Å². The van der Waals surface area contributed by atoms with Crippen molar-refractivity contribution in [2.24, 2.45) is 0 Å². The Labute approximate surface area is 203 Å². The lowest BCUT2D eigenvalue weighted by atomic mass is 9.91. The summed E-state index contributed by atoms with van der Waals surface area (Å²) in [5.74, 6) is -0.742. The number of benzene rings is 2. The van der Waals surface area contributed by atoms with Crippen LogP contribution in [-0.4, -0.2) is 46.4 Å². The molecule has 7 heteroatoms. The normalized spacial score (nSPS) is 15.0. The van der Waals surface area contributed by atoms with E-state index < -0.39 is 5.92 Å². The van der Waals surface area contributed by atoms with Crippen molar-refractivity contribution in [2.45, 2.75) is 19.3 Å². The van der Waals surface area contributed by atoms with Crippen LogP contribution in [0, 0.1) is 12.7 Å². The molecule has 0 spiro atoms. The number of nitrogens with zero attached hydrogens (tertiary/aromatic N) is 4. The molecule has 1 fully saturated rings. The quantitative estimate of drug-likeness (QED) is 0.392. The second kappa shape index (κ2) is 9.47. The van der Waals surface area contributed by atoms with Gasteiger partial charge in [0.15, 0.2) is 0 Å². The van der Waals surface area contributed by atoms with Crippen LogP contribution in [0.5, 0.6) is 0 Å². The van der Waals surface area contributed by atoms with Gasteiger partial charge in [-0.05, 0) is 42.3 Å². The number of amides is 1. The van der Waals surface area contributed by atoms with Crippen molar-refractivity contribution in [2.75, 3.05) is 31.1 Å². The fourth-order valence-corrected chi connectivity index (χ4v) is 5.02. The van der Waals surface area contributed by atoms with Crippen molar-refractivity contribution < 1.29 is 9.18 Å². The summed E-state index contributed by atoms with van der Waals surface area (Å²) in [5, 5.41) is 0.713. The first kappa shape index (κ1) is 22.4. The molecule has 0 saturated carbocycles. The molecule has 4 aromatic rings. The molecule has 2 aromatic heterocycles. The Balaban J connectivity index is 1.39. The van der Waals surface area contributed by atoms with Gasteiger partial charge < -0.3 is 14.2 Å². The molecule has 34 heavy (non-hydrogen) atoms. The Bertz CT molecular complexity index is 1330. The molecule has 2 aromatic carbocycles. The molecule has 0 N–H and O–H groups in total. The average molecular weight is 477 g/mol. The molecule has 1 aliphatic rings. The number of para-hydroxylation sites is 1. The van der Waals surface area contributed by atoms with Crippen LogP contribution >= 0.6 is 11.6 Å². The van der Waals surface area contributed by atoms with E-state index in [-0.39, 0.29) is 18.1 Å². The Morgan fingerprint density at radius 3 is 2.53 bits per heavy atom. The standard InChI is InChI=1S/C27H26ClFN4O/c1-19-7-6-12-33-25(18-30-27(19)33)21(20-8-2-4-10-23(20)29)17-26(34)32-15-13-31(14-16-32)24-11-5-3-9-22(24)28/h2-12,18,21H,13-17H2,1H3. The van der Waals surface area contributed by atoms with Crippen molar-refractivity contribution in [3.05, 3.63) is 101 Å². The van der Waals surface area contributed by atoms with E-state index in [9.17, 15) is 9.18 Å². The van der Waals surface area contributed by atoms with Crippen LogP contribution in [0.1, 0.15) is 29.2 Å². The van der Waals surface area contributed by atoms with Gasteiger partial charge in [0.25, 0.3) is 0 Å². The van der Waals surface area contributed by atoms with Crippen molar-refractivity contribution in [3.8, 4) is 0 Å². The van der Waals surface area contributed by atoms with E-state index in [4.69, 9.17) is 11.6 Å². The summed E-state index contributed by atoms with van der Waals surface area (Å²) in [5.41, 5.74) is 4.16. The van der Waals surface area contributed by atoms with E-state index in [2.05, 4.69) is 9.88 Å². The van der Waals surface area contributed by atoms with E-state index in [0.717, 1.165) is 22.6 Å². The van der Waals surface area contributed by atoms with Gasteiger partial charge in [-0.1, -0.05) is 48.0 Å². The molecule has 1 unspecified atom stereocenters. The topological polar surface area (TPSA) is 40.9 Å². The lowest BCUT2D eigenvalue weighted by Crippen LogP contribution is -2.49. The number of piperazine rings is 1. The van der Waals surface area contributed by atoms with Crippen molar-refractivity contribution in [3.63, 3.8) is 0 Å². The van der Waals surface area contributed by atoms with Crippen LogP contribution in [0.4, 0.5) is 10.1 Å². The second-order valence-corrected chi connectivity index (χ2v) is 9.07. The van der Waals surface area contributed by atoms with Crippen LogP contribution in [0.15, 0.2) is 73.1 Å². The molecule has 0 bridgehead atoms. The fourth-order valence-electron chi connectivity index (χ4n) is 4.77. The molecular formula is C27H26ClFN4O. The van der Waals surface area contributed by atoms with Gasteiger partial charge in [0.05, 0.1) is 16.4 Å². The lowest BCUT2D eigenvalue weighted by Gasteiger charge is -2.37. The minimum Gasteiger partial charge on any atom is -0.367 e. The first-order valence-electron chi connectivity index (χ1n) is 11.5. The van der Waals surface area contributed by atoms with E-state index >= 15 is 0 Å². The monoisotopic (exact) mass is 476 g/mol. The Morgan fingerprint density at radius 1 is 1.03 bits per heavy atom. The van der Waals surface area contributed by atoms with Crippen LogP contribution in [-0.2, 0) is 4.79 Å². The molecule has 0 aliphatic carbocycles. The van der Waals surface area contributed by atoms with Crippen molar-refractivity contribution >= 4 is 28.8 Å². The maximum Gasteiger partial charge on any atom is 0.223 e. The molecule has 5 rings (SSSR count). The highest BCUT2D eigenvalue weighted by molar-refractivity contribution is 6.33. The molecule has 1 saturated heterocycles. The number of carbonyl (C=O) groups is 1. The van der Waals surface area contributed by atoms with E-state index in [1.165, 1.54) is 6.07 Å².